The summed E-state index contributed by atoms with van der Waals surface area (Å²) < 4.78 is 0. The van der Waals surface area contributed by atoms with E-state index >= 15 is 0 Å². The summed E-state index contributed by atoms with van der Waals surface area (Å²) in [6.07, 6.45) is 1.94. The first-order valence-corrected chi connectivity index (χ1v) is 10.9. The van der Waals surface area contributed by atoms with Crippen LogP contribution in [0, 0.1) is 11.8 Å². The first-order valence-electron chi connectivity index (χ1n) is 10.9. The molecule has 1 aromatic carbocycles. The van der Waals surface area contributed by atoms with Crippen LogP contribution in [0.15, 0.2) is 34.8 Å². The molecule has 0 saturated heterocycles. The average molecular weight is 456 g/mol. The highest BCUT2D eigenvalue weighted by molar-refractivity contribution is 6.24. The molecule has 3 aliphatic carbocycles. The van der Waals surface area contributed by atoms with Crippen LogP contribution in [0.25, 0.3) is 0 Å². The maximum Gasteiger partial charge on any atom is 0.255 e. The molecule has 1 unspecified atom stereocenters. The minimum Gasteiger partial charge on any atom is -0.510 e. The maximum absolute atomic E-state index is 13.5. The molecule has 0 spiro atoms. The molecular formula is C24H28N2O7. The van der Waals surface area contributed by atoms with Crippen molar-refractivity contribution in [3.8, 4) is 5.75 Å². The number of aromatic hydroxyl groups is 1. The van der Waals surface area contributed by atoms with Crippen molar-refractivity contribution in [2.24, 2.45) is 17.6 Å². The molecule has 176 valence electrons. The van der Waals surface area contributed by atoms with E-state index in [1.54, 1.807) is 20.2 Å². The molecule has 0 bridgehead atoms. The number of aryl methyl sites for hydroxylation is 1. The van der Waals surface area contributed by atoms with E-state index in [0.717, 1.165) is 12.0 Å². The molecule has 6 N–H and O–H groups in total. The van der Waals surface area contributed by atoms with Crippen LogP contribution in [0.5, 0.6) is 5.75 Å². The molecule has 3 aliphatic rings. The van der Waals surface area contributed by atoms with Crippen LogP contribution < -0.4 is 5.73 Å². The molecule has 0 heterocycles. The van der Waals surface area contributed by atoms with E-state index in [1.807, 2.05) is 6.92 Å². The fraction of sp³-hybridized carbons (Fsp3) is 0.458. The minimum absolute atomic E-state index is 0.0572. The zero-order chi connectivity index (χ0) is 24.4. The number of ketones is 2. The molecule has 9 nitrogen and oxygen atoms in total. The number of phenols is 1. The Hall–Kier alpha value is -3.17. The van der Waals surface area contributed by atoms with Crippen LogP contribution in [-0.2, 0) is 22.4 Å². The van der Waals surface area contributed by atoms with Crippen molar-refractivity contribution in [3.05, 3.63) is 51.5 Å². The molecule has 4 rings (SSSR count). The van der Waals surface area contributed by atoms with Gasteiger partial charge < -0.3 is 26.2 Å². The highest BCUT2D eigenvalue weighted by Gasteiger charge is 2.63. The second-order valence-corrected chi connectivity index (χ2v) is 9.31. The number of fused-ring (bicyclic) bond motifs is 3. The van der Waals surface area contributed by atoms with E-state index in [-0.39, 0.29) is 23.3 Å². The Balaban J connectivity index is 1.96. The summed E-state index contributed by atoms with van der Waals surface area (Å²) in [6, 6.07) is 2.22. The van der Waals surface area contributed by atoms with E-state index in [4.69, 9.17) is 5.73 Å². The lowest BCUT2D eigenvalue weighted by molar-refractivity contribution is -0.148. The molecule has 4 atom stereocenters. The van der Waals surface area contributed by atoms with Crippen LogP contribution in [0.1, 0.15) is 41.3 Å². The summed E-state index contributed by atoms with van der Waals surface area (Å²) in [4.78, 5) is 40.2. The smallest absolute Gasteiger partial charge is 0.255 e. The van der Waals surface area contributed by atoms with Gasteiger partial charge in [-0.15, -0.1) is 0 Å². The Bertz CT molecular complexity index is 1150. The van der Waals surface area contributed by atoms with Crippen LogP contribution in [0.2, 0.25) is 0 Å². The number of aliphatic hydroxyl groups excluding tert-OH is 2. The van der Waals surface area contributed by atoms with Gasteiger partial charge in [0.05, 0.1) is 11.6 Å². The standard InChI is InChI=1S/C24H28N2O7/c1-4-5-10-6-7-14(27)16-12(10)8-11-9-13-18(26(2)3)20(29)17(23(25)32)22(31)24(13,33)21(30)15(11)19(16)28/h6-7,11,13,18,27,29-30,33H,4-5,8-9H2,1-3H3,(H2,25,32)/t11-,13-,18-,24?/m0/s1. The molecule has 9 heteroatoms. The number of amides is 1. The predicted octanol–water partition coefficient (Wildman–Crippen LogP) is 1.07. The third-order valence-electron chi connectivity index (χ3n) is 7.22. The lowest BCUT2D eigenvalue weighted by Gasteiger charge is -2.50. The van der Waals surface area contributed by atoms with Gasteiger partial charge in [0.2, 0.25) is 5.78 Å². The lowest BCUT2D eigenvalue weighted by Crippen LogP contribution is -2.63. The van der Waals surface area contributed by atoms with Crippen LogP contribution in [0.3, 0.4) is 0 Å². The number of primary amides is 1. The third kappa shape index (κ3) is 3.02. The number of carbonyl (C=O) groups excluding carboxylic acids is 3. The quantitative estimate of drug-likeness (QED) is 0.420. The molecule has 0 aromatic heterocycles. The monoisotopic (exact) mass is 456 g/mol. The number of nitrogens with zero attached hydrogens (tertiary/aromatic N) is 1. The van der Waals surface area contributed by atoms with Gasteiger partial charge in [-0.1, -0.05) is 19.4 Å². The Kier molecular flexibility index (Phi) is 5.37. The number of carbonyl (C=O) groups is 3. The second kappa shape index (κ2) is 7.71. The molecular weight excluding hydrogens is 428 g/mol. The summed E-state index contributed by atoms with van der Waals surface area (Å²) in [5.74, 6) is -6.35. The van der Waals surface area contributed by atoms with Crippen molar-refractivity contribution in [3.63, 3.8) is 0 Å². The van der Waals surface area contributed by atoms with Crippen molar-refractivity contribution in [2.75, 3.05) is 14.1 Å². The largest absolute Gasteiger partial charge is 0.510 e. The van der Waals surface area contributed by atoms with Gasteiger partial charge in [0, 0.05) is 11.5 Å². The average Bonchev–Trinajstić information content (AvgIpc) is 2.72. The number of Topliss-reactive ketones (excluding diaryl/α,β-unsaturated/α-hetero) is 2. The summed E-state index contributed by atoms with van der Waals surface area (Å²) in [5, 5.41) is 43.9. The Morgan fingerprint density at radius 3 is 2.45 bits per heavy atom. The van der Waals surface area contributed by atoms with Gasteiger partial charge in [-0.05, 0) is 56.5 Å². The van der Waals surface area contributed by atoms with Gasteiger partial charge in [0.15, 0.2) is 11.4 Å². The van der Waals surface area contributed by atoms with Crippen molar-refractivity contribution >= 4 is 17.5 Å². The van der Waals surface area contributed by atoms with Gasteiger partial charge in [-0.25, -0.2) is 0 Å². The van der Waals surface area contributed by atoms with E-state index in [9.17, 15) is 34.8 Å². The Morgan fingerprint density at radius 1 is 1.21 bits per heavy atom. The summed E-state index contributed by atoms with van der Waals surface area (Å²) in [7, 11) is 3.20. The third-order valence-corrected chi connectivity index (χ3v) is 7.22. The van der Waals surface area contributed by atoms with Crippen molar-refractivity contribution in [1.82, 2.24) is 4.90 Å². The molecule has 33 heavy (non-hydrogen) atoms. The Morgan fingerprint density at radius 2 is 1.88 bits per heavy atom. The van der Waals surface area contributed by atoms with Crippen molar-refractivity contribution in [1.29, 1.82) is 0 Å². The number of hydrogen-bond acceptors (Lipinski definition) is 8. The number of hydrogen-bond donors (Lipinski definition) is 5. The second-order valence-electron chi connectivity index (χ2n) is 9.31. The highest BCUT2D eigenvalue weighted by atomic mass is 16.3. The molecule has 0 aliphatic heterocycles. The molecule has 0 radical (unpaired) electrons. The summed E-state index contributed by atoms with van der Waals surface area (Å²) in [6.45, 7) is 2.00. The van der Waals surface area contributed by atoms with Gasteiger partial charge in [-0.2, -0.15) is 0 Å². The maximum atomic E-state index is 13.5. The van der Waals surface area contributed by atoms with E-state index in [2.05, 4.69) is 0 Å². The summed E-state index contributed by atoms with van der Waals surface area (Å²) >= 11 is 0. The van der Waals surface area contributed by atoms with Gasteiger partial charge in [-0.3, -0.25) is 19.3 Å². The van der Waals surface area contributed by atoms with E-state index < -0.39 is 58.0 Å². The SMILES string of the molecule is CCCc1ccc(O)c2c1C[C@H]1C[C@H]3[C@H](N(C)C)C(O)=C(C(N)=O)C(=O)C3(O)C(O)=C1C2=O. The number of nitrogens with two attached hydrogens (primary N) is 1. The van der Waals surface area contributed by atoms with Crippen LogP contribution in [-0.4, -0.2) is 68.5 Å². The van der Waals surface area contributed by atoms with E-state index in [0.29, 0.717) is 18.4 Å². The fourth-order valence-electron chi connectivity index (χ4n) is 5.82. The number of allylic oxidation sites excluding steroid dienone is 1. The van der Waals surface area contributed by atoms with Gasteiger partial charge in [0.1, 0.15) is 22.8 Å². The molecule has 1 amide bonds. The highest BCUT2D eigenvalue weighted by Crippen LogP contribution is 2.52. The van der Waals surface area contributed by atoms with E-state index in [1.165, 1.54) is 11.0 Å². The van der Waals surface area contributed by atoms with Crippen molar-refractivity contribution in [2.45, 2.75) is 44.2 Å². The van der Waals surface area contributed by atoms with Gasteiger partial charge in [0.25, 0.3) is 5.91 Å². The minimum atomic E-state index is -2.61. The molecule has 1 aromatic rings. The number of rotatable bonds is 4. The number of phenolic OH excluding ortho intramolecular Hbond substituents is 1. The number of benzene rings is 1. The zero-order valence-electron chi connectivity index (χ0n) is 18.8. The zero-order valence-corrected chi connectivity index (χ0v) is 18.8. The topological polar surface area (TPSA) is 161 Å². The first kappa shape index (κ1) is 23.0. The fourth-order valence-corrected chi connectivity index (χ4v) is 5.82. The first-order chi connectivity index (χ1) is 15.5. The molecule has 0 saturated carbocycles. The van der Waals surface area contributed by atoms with Crippen LogP contribution in [0.4, 0.5) is 0 Å². The predicted molar refractivity (Wildman–Crippen MR) is 118 cm³/mol. The summed E-state index contributed by atoms with van der Waals surface area (Å²) in [5.41, 5.74) is 3.43. The van der Waals surface area contributed by atoms with Gasteiger partial charge >= 0.3 is 0 Å². The lowest BCUT2D eigenvalue weighted by atomic mass is 9.58. The number of aliphatic hydroxyl groups is 3. The molecule has 0 fully saturated rings. The normalized spacial score (nSPS) is 29.2. The number of likely N-dealkylation sites (N-methyl/N-ethyl adjacent to an activating group) is 1. The Labute approximate surface area is 190 Å². The van der Waals surface area contributed by atoms with Crippen molar-refractivity contribution < 1.29 is 34.8 Å². The van der Waals surface area contributed by atoms with Crippen LogP contribution >= 0.6 is 0 Å².